The van der Waals surface area contributed by atoms with Crippen molar-refractivity contribution in [2.75, 3.05) is 33.0 Å². The van der Waals surface area contributed by atoms with Gasteiger partial charge < -0.3 is 20.1 Å². The fourth-order valence-electron chi connectivity index (χ4n) is 5.43. The van der Waals surface area contributed by atoms with E-state index in [1.54, 1.807) is 0 Å². The van der Waals surface area contributed by atoms with E-state index in [4.69, 9.17) is 24.3 Å². The second-order valence-electron chi connectivity index (χ2n) is 13.5. The molecule has 9 heteroatoms. The zero-order valence-corrected chi connectivity index (χ0v) is 34.2. The third kappa shape index (κ3) is 39.4. The predicted molar refractivity (Wildman–Crippen MR) is 219 cm³/mol. The number of hydrogen-bond acceptors (Lipinski definition) is 7. The first-order valence-corrected chi connectivity index (χ1v) is 22.3. The van der Waals surface area contributed by atoms with Gasteiger partial charge in [-0.05, 0) is 57.8 Å². The second kappa shape index (κ2) is 40.4. The minimum absolute atomic E-state index is 0.0978. The lowest BCUT2D eigenvalue weighted by Gasteiger charge is -2.20. The monoisotopic (exact) mass is 752 g/mol. The van der Waals surface area contributed by atoms with E-state index in [0.717, 1.165) is 64.2 Å². The number of allylic oxidation sites excluding steroid dienone is 10. The molecule has 0 rings (SSSR count). The van der Waals surface area contributed by atoms with E-state index in [0.29, 0.717) is 13.0 Å². The Kier molecular flexibility index (Phi) is 39.0. The van der Waals surface area contributed by atoms with Gasteiger partial charge in [-0.2, -0.15) is 0 Å². The van der Waals surface area contributed by atoms with Crippen LogP contribution < -0.4 is 5.73 Å². The number of esters is 1. The number of ether oxygens (including phenoxy) is 2. The minimum Gasteiger partial charge on any atom is -0.457 e. The maximum Gasteiger partial charge on any atom is 0.472 e. The van der Waals surface area contributed by atoms with Gasteiger partial charge >= 0.3 is 13.8 Å². The highest BCUT2D eigenvalue weighted by atomic mass is 31.2. The molecule has 0 spiro atoms. The minimum atomic E-state index is -4.27. The Morgan fingerprint density at radius 3 is 1.62 bits per heavy atom. The summed E-state index contributed by atoms with van der Waals surface area (Å²) in [5.41, 5.74) is 5.34. The van der Waals surface area contributed by atoms with E-state index >= 15 is 0 Å². The van der Waals surface area contributed by atoms with Crippen LogP contribution in [-0.4, -0.2) is 49.9 Å². The van der Waals surface area contributed by atoms with Crippen molar-refractivity contribution in [2.24, 2.45) is 5.73 Å². The van der Waals surface area contributed by atoms with Crippen LogP contribution in [-0.2, 0) is 27.9 Å². The number of phosphoric acid groups is 1. The van der Waals surface area contributed by atoms with Crippen molar-refractivity contribution in [1.29, 1.82) is 0 Å². The quantitative estimate of drug-likeness (QED) is 0.0276. The van der Waals surface area contributed by atoms with Crippen molar-refractivity contribution in [3.05, 3.63) is 60.8 Å². The molecule has 0 aliphatic rings. The molecule has 0 aromatic carbocycles. The summed E-state index contributed by atoms with van der Waals surface area (Å²) in [6, 6.07) is 0. The molecule has 0 saturated carbocycles. The SMILES string of the molecule is CC/C=C\C/C=C\C/C=C\C/C=C\C/C=C\CCCCCCCCCCCCOCC(COP(=O)(O)OCCN)OC(=O)CCCCCCCCC. The summed E-state index contributed by atoms with van der Waals surface area (Å²) >= 11 is 0. The molecule has 0 aromatic heterocycles. The van der Waals surface area contributed by atoms with Gasteiger partial charge in [-0.25, -0.2) is 4.57 Å². The van der Waals surface area contributed by atoms with Crippen LogP contribution in [0.1, 0.15) is 168 Å². The molecule has 52 heavy (non-hydrogen) atoms. The van der Waals surface area contributed by atoms with Crippen molar-refractivity contribution >= 4 is 13.8 Å². The number of unbranched alkanes of at least 4 members (excludes halogenated alkanes) is 16. The van der Waals surface area contributed by atoms with Crippen LogP contribution in [0.25, 0.3) is 0 Å². The summed E-state index contributed by atoms with van der Waals surface area (Å²) in [7, 11) is -4.27. The topological polar surface area (TPSA) is 117 Å². The van der Waals surface area contributed by atoms with E-state index in [1.165, 1.54) is 83.5 Å². The molecule has 8 nitrogen and oxygen atoms in total. The number of carbonyl (C=O) groups is 1. The molecule has 0 bridgehead atoms. The number of phosphoric ester groups is 1. The van der Waals surface area contributed by atoms with Gasteiger partial charge in [0.1, 0.15) is 6.10 Å². The molecule has 302 valence electrons. The van der Waals surface area contributed by atoms with Crippen LogP contribution in [0.3, 0.4) is 0 Å². The van der Waals surface area contributed by atoms with Crippen molar-refractivity contribution in [2.45, 2.75) is 174 Å². The van der Waals surface area contributed by atoms with Gasteiger partial charge in [0.15, 0.2) is 0 Å². The van der Waals surface area contributed by atoms with Crippen molar-refractivity contribution in [3.63, 3.8) is 0 Å². The Morgan fingerprint density at radius 2 is 1.08 bits per heavy atom. The Hall–Kier alpha value is -1.80. The van der Waals surface area contributed by atoms with Gasteiger partial charge in [0.2, 0.25) is 0 Å². The van der Waals surface area contributed by atoms with Gasteiger partial charge in [-0.15, -0.1) is 0 Å². The molecule has 0 aliphatic carbocycles. The van der Waals surface area contributed by atoms with E-state index in [9.17, 15) is 14.3 Å². The van der Waals surface area contributed by atoms with Crippen LogP contribution in [0.2, 0.25) is 0 Å². The largest absolute Gasteiger partial charge is 0.472 e. The lowest BCUT2D eigenvalue weighted by Crippen LogP contribution is -2.28. The summed E-state index contributed by atoms with van der Waals surface area (Å²) in [4.78, 5) is 22.3. The van der Waals surface area contributed by atoms with Crippen molar-refractivity contribution < 1.29 is 32.8 Å². The first-order chi connectivity index (χ1) is 25.4. The van der Waals surface area contributed by atoms with Gasteiger partial charge in [-0.3, -0.25) is 13.8 Å². The molecule has 0 aliphatic heterocycles. The number of hydrogen-bond donors (Lipinski definition) is 2. The van der Waals surface area contributed by atoms with Crippen LogP contribution >= 0.6 is 7.82 Å². The summed E-state index contributed by atoms with van der Waals surface area (Å²) in [6.07, 6.45) is 48.4. The molecule has 0 heterocycles. The second-order valence-corrected chi connectivity index (χ2v) is 14.9. The number of nitrogens with two attached hydrogens (primary N) is 1. The molecule has 0 fully saturated rings. The molecule has 0 saturated heterocycles. The third-order valence-electron chi connectivity index (χ3n) is 8.45. The van der Waals surface area contributed by atoms with Crippen LogP contribution in [0.5, 0.6) is 0 Å². The van der Waals surface area contributed by atoms with Crippen LogP contribution in [0.15, 0.2) is 60.8 Å². The Balaban J connectivity index is 3.88. The molecule has 2 unspecified atom stereocenters. The highest BCUT2D eigenvalue weighted by Crippen LogP contribution is 2.43. The molecule has 0 amide bonds. The molecule has 0 aromatic rings. The van der Waals surface area contributed by atoms with Gasteiger partial charge in [0, 0.05) is 19.6 Å². The van der Waals surface area contributed by atoms with Crippen LogP contribution in [0.4, 0.5) is 0 Å². The lowest BCUT2D eigenvalue weighted by molar-refractivity contribution is -0.154. The first kappa shape index (κ1) is 50.2. The zero-order chi connectivity index (χ0) is 38.1. The number of rotatable bonds is 39. The van der Waals surface area contributed by atoms with Crippen molar-refractivity contribution in [1.82, 2.24) is 0 Å². The maximum atomic E-state index is 12.4. The maximum absolute atomic E-state index is 12.4. The molecular weight excluding hydrogens is 673 g/mol. The molecule has 0 radical (unpaired) electrons. The fourth-order valence-corrected chi connectivity index (χ4v) is 6.20. The Bertz CT molecular complexity index is 979. The average Bonchev–Trinajstić information content (AvgIpc) is 3.13. The predicted octanol–water partition coefficient (Wildman–Crippen LogP) is 12.2. The lowest BCUT2D eigenvalue weighted by atomic mass is 10.1. The highest BCUT2D eigenvalue weighted by molar-refractivity contribution is 7.47. The van der Waals surface area contributed by atoms with Crippen molar-refractivity contribution in [3.8, 4) is 0 Å². The summed E-state index contributed by atoms with van der Waals surface area (Å²) in [5, 5.41) is 0. The Labute approximate surface area is 319 Å². The smallest absolute Gasteiger partial charge is 0.457 e. The molecular formula is C43H78NO7P. The van der Waals surface area contributed by atoms with E-state index in [-0.39, 0.29) is 32.3 Å². The van der Waals surface area contributed by atoms with Gasteiger partial charge in [0.05, 0.1) is 19.8 Å². The average molecular weight is 752 g/mol. The highest BCUT2D eigenvalue weighted by Gasteiger charge is 2.25. The summed E-state index contributed by atoms with van der Waals surface area (Å²) in [6.45, 7) is 4.74. The van der Waals surface area contributed by atoms with Gasteiger partial charge in [-0.1, -0.05) is 164 Å². The number of carbonyl (C=O) groups excluding carboxylic acids is 1. The standard InChI is InChI=1S/C43H78NO7P/c1-3-5-7-9-11-12-13-14-15-16-17-18-19-20-21-22-23-24-25-26-27-28-29-31-33-35-38-48-40-42(41-50-52(46,47)49-39-37-44)51-43(45)36-34-32-30-10-8-6-4-2/h5,7,11-12,14-15,17-18,20-21,42H,3-4,6,8-10,13,16,19,22-41,44H2,1-2H3,(H,46,47)/b7-5-,12-11-,15-14-,18-17-,21-20-. The van der Waals surface area contributed by atoms with E-state index < -0.39 is 13.9 Å². The normalized spacial score (nSPS) is 14.2. The molecule has 2 atom stereocenters. The van der Waals surface area contributed by atoms with Crippen LogP contribution in [0, 0.1) is 0 Å². The van der Waals surface area contributed by atoms with Gasteiger partial charge in [0.25, 0.3) is 0 Å². The first-order valence-electron chi connectivity index (χ1n) is 20.8. The zero-order valence-electron chi connectivity index (χ0n) is 33.3. The van der Waals surface area contributed by atoms with E-state index in [1.807, 2.05) is 0 Å². The van der Waals surface area contributed by atoms with E-state index in [2.05, 4.69) is 74.6 Å². The molecule has 3 N–H and O–H groups in total. The summed E-state index contributed by atoms with van der Waals surface area (Å²) in [5.74, 6) is -0.341. The Morgan fingerprint density at radius 1 is 0.596 bits per heavy atom. The summed E-state index contributed by atoms with van der Waals surface area (Å²) < 4.78 is 33.2. The third-order valence-corrected chi connectivity index (χ3v) is 9.43. The fraction of sp³-hybridized carbons (Fsp3) is 0.744.